The number of carbonyl (C=O) groups excluding carboxylic acids is 1. The molecule has 6 aliphatic carbocycles. The highest BCUT2D eigenvalue weighted by Crippen LogP contribution is 2.65. The molecule has 31 heavy (non-hydrogen) atoms. The number of hydrogen-bond donors (Lipinski definition) is 1. The van der Waals surface area contributed by atoms with Gasteiger partial charge in [0.25, 0.3) is 10.1 Å². The number of ether oxygens (including phenoxy) is 1. The first-order valence-electron chi connectivity index (χ1n) is 12.3. The van der Waals surface area contributed by atoms with E-state index in [1.54, 1.807) is 6.07 Å². The third-order valence-electron chi connectivity index (χ3n) is 9.57. The van der Waals surface area contributed by atoms with Crippen LogP contribution in [0.15, 0.2) is 17.0 Å². The van der Waals surface area contributed by atoms with Crippen LogP contribution in [0.25, 0.3) is 0 Å². The second-order valence-electron chi connectivity index (χ2n) is 10.7. The Kier molecular flexibility index (Phi) is 4.77. The Morgan fingerprint density at radius 3 is 2.10 bits per heavy atom. The number of benzene rings is 1. The molecule has 168 valence electrons. The van der Waals surface area contributed by atoms with E-state index in [4.69, 9.17) is 4.74 Å². The molecule has 0 aliphatic heterocycles. The molecule has 1 aromatic rings. The number of rotatable bonds is 3. The molecule has 6 heteroatoms. The Balaban J connectivity index is 1.30. The quantitative estimate of drug-likeness (QED) is 0.411. The first-order valence-corrected chi connectivity index (χ1v) is 13.7. The standard InChI is InChI=1S/C25H32O5S/c26-25(30-22-11-12-23(31(27,28)29)17-6-2-1-5-16(17)22)21-13-20-14-7-3-9-18(14)24(21)19-10-4-8-15(19)20/h11-12,14-15,18-21,24H,1-10,13H2,(H,27,28,29). The third-order valence-corrected chi connectivity index (χ3v) is 10.5. The second kappa shape index (κ2) is 7.31. The highest BCUT2D eigenvalue weighted by atomic mass is 32.2. The van der Waals surface area contributed by atoms with Crippen molar-refractivity contribution in [2.45, 2.75) is 75.5 Å². The van der Waals surface area contributed by atoms with Gasteiger partial charge in [0.1, 0.15) is 5.75 Å². The largest absolute Gasteiger partial charge is 0.426 e. The van der Waals surface area contributed by atoms with Crippen LogP contribution in [0.3, 0.4) is 0 Å². The second-order valence-corrected chi connectivity index (χ2v) is 12.1. The minimum atomic E-state index is -4.28. The highest BCUT2D eigenvalue weighted by molar-refractivity contribution is 7.85. The average molecular weight is 445 g/mol. The first kappa shape index (κ1) is 20.2. The molecular formula is C25H32O5S. The van der Waals surface area contributed by atoms with E-state index >= 15 is 0 Å². The normalized spacial score (nSPS) is 38.4. The molecule has 0 amide bonds. The molecule has 7 rings (SSSR count). The van der Waals surface area contributed by atoms with E-state index in [0.717, 1.165) is 36.7 Å². The van der Waals surface area contributed by atoms with Gasteiger partial charge in [-0.25, -0.2) is 0 Å². The molecule has 5 unspecified atom stereocenters. The summed E-state index contributed by atoms with van der Waals surface area (Å²) in [6.45, 7) is 0. The molecule has 5 fully saturated rings. The van der Waals surface area contributed by atoms with Crippen LogP contribution in [0.4, 0.5) is 0 Å². The van der Waals surface area contributed by atoms with E-state index in [1.165, 1.54) is 44.6 Å². The van der Waals surface area contributed by atoms with Gasteiger partial charge in [0.15, 0.2) is 0 Å². The van der Waals surface area contributed by atoms with Crippen molar-refractivity contribution in [1.82, 2.24) is 0 Å². The van der Waals surface area contributed by atoms with Gasteiger partial charge >= 0.3 is 5.97 Å². The fourth-order valence-corrected chi connectivity index (χ4v) is 9.44. The minimum absolute atomic E-state index is 0.0100. The lowest BCUT2D eigenvalue weighted by Crippen LogP contribution is -2.54. The first-order chi connectivity index (χ1) is 14.9. The fraction of sp³-hybridized carbons (Fsp3) is 0.720. The lowest BCUT2D eigenvalue weighted by atomic mass is 9.48. The van der Waals surface area contributed by atoms with Crippen LogP contribution in [-0.4, -0.2) is 18.9 Å². The fourth-order valence-electron chi connectivity index (χ4n) is 8.66. The smallest absolute Gasteiger partial charge is 0.314 e. The SMILES string of the molecule is O=C(Oc1ccc(S(=O)(=O)O)c2c1CCCC2)C1CC2C3CCCC3C1C1CCCC21. The molecule has 1 aromatic carbocycles. The predicted molar refractivity (Wildman–Crippen MR) is 115 cm³/mol. The number of fused-ring (bicyclic) bond motifs is 2. The van der Waals surface area contributed by atoms with Crippen molar-refractivity contribution in [1.29, 1.82) is 0 Å². The van der Waals surface area contributed by atoms with Crippen LogP contribution < -0.4 is 4.74 Å². The zero-order valence-electron chi connectivity index (χ0n) is 18.0. The molecule has 5 atom stereocenters. The Morgan fingerprint density at radius 1 is 0.839 bits per heavy atom. The summed E-state index contributed by atoms with van der Waals surface area (Å²) in [5, 5.41) is 0. The summed E-state index contributed by atoms with van der Waals surface area (Å²) in [5.41, 5.74) is 1.43. The summed E-state index contributed by atoms with van der Waals surface area (Å²) >= 11 is 0. The molecule has 0 heterocycles. The maximum absolute atomic E-state index is 13.5. The number of carbonyl (C=O) groups is 1. The molecule has 1 N–H and O–H groups in total. The highest BCUT2D eigenvalue weighted by Gasteiger charge is 2.61. The van der Waals surface area contributed by atoms with Crippen molar-refractivity contribution >= 4 is 16.1 Å². The van der Waals surface area contributed by atoms with Gasteiger partial charge in [0.05, 0.1) is 10.8 Å². The Hall–Kier alpha value is -1.40. The van der Waals surface area contributed by atoms with Crippen molar-refractivity contribution in [3.8, 4) is 5.75 Å². The monoisotopic (exact) mass is 444 g/mol. The van der Waals surface area contributed by atoms with Crippen LogP contribution in [0.2, 0.25) is 0 Å². The van der Waals surface area contributed by atoms with Gasteiger partial charge in [-0.15, -0.1) is 0 Å². The zero-order chi connectivity index (χ0) is 21.3. The van der Waals surface area contributed by atoms with E-state index in [1.807, 2.05) is 0 Å². The van der Waals surface area contributed by atoms with E-state index in [0.29, 0.717) is 47.8 Å². The lowest BCUT2D eigenvalue weighted by molar-refractivity contribution is -0.157. The Labute approximate surface area is 184 Å². The maximum atomic E-state index is 13.5. The van der Waals surface area contributed by atoms with Crippen molar-refractivity contribution in [3.05, 3.63) is 23.3 Å². The van der Waals surface area contributed by atoms with Gasteiger partial charge in [0.2, 0.25) is 0 Å². The summed E-state index contributed by atoms with van der Waals surface area (Å²) in [6, 6.07) is 3.00. The van der Waals surface area contributed by atoms with Crippen molar-refractivity contribution in [3.63, 3.8) is 0 Å². The zero-order valence-corrected chi connectivity index (χ0v) is 18.8. The summed E-state index contributed by atoms with van der Waals surface area (Å²) in [7, 11) is -4.28. The number of esters is 1. The van der Waals surface area contributed by atoms with Crippen LogP contribution >= 0.6 is 0 Å². The van der Waals surface area contributed by atoms with Gasteiger partial charge in [-0.2, -0.15) is 8.42 Å². The topological polar surface area (TPSA) is 80.7 Å². The summed E-state index contributed by atoms with van der Waals surface area (Å²) in [5.74, 6) is 4.63. The Morgan fingerprint density at radius 2 is 1.45 bits per heavy atom. The molecule has 2 bridgehead atoms. The van der Waals surface area contributed by atoms with Crippen LogP contribution in [0.1, 0.15) is 68.9 Å². The molecule has 0 aromatic heterocycles. The maximum Gasteiger partial charge on any atom is 0.314 e. The average Bonchev–Trinajstić information content (AvgIpc) is 3.43. The molecular weight excluding hydrogens is 412 g/mol. The molecule has 5 saturated carbocycles. The van der Waals surface area contributed by atoms with Crippen LogP contribution in [0.5, 0.6) is 5.75 Å². The molecule has 0 spiro atoms. The molecule has 6 aliphatic rings. The van der Waals surface area contributed by atoms with Crippen molar-refractivity contribution in [2.75, 3.05) is 0 Å². The van der Waals surface area contributed by atoms with Gasteiger partial charge in [-0.05, 0) is 117 Å². The third kappa shape index (κ3) is 3.12. The molecule has 0 radical (unpaired) electrons. The minimum Gasteiger partial charge on any atom is -0.426 e. The Bertz CT molecular complexity index is 993. The van der Waals surface area contributed by atoms with Crippen LogP contribution in [0, 0.1) is 41.4 Å². The molecule has 5 nitrogen and oxygen atoms in total. The van der Waals surface area contributed by atoms with Gasteiger partial charge in [-0.1, -0.05) is 12.8 Å². The summed E-state index contributed by atoms with van der Waals surface area (Å²) in [6.07, 6.45) is 12.0. The summed E-state index contributed by atoms with van der Waals surface area (Å²) in [4.78, 5) is 13.5. The van der Waals surface area contributed by atoms with Crippen molar-refractivity contribution in [2.24, 2.45) is 41.4 Å². The van der Waals surface area contributed by atoms with Crippen LogP contribution in [-0.2, 0) is 27.8 Å². The van der Waals surface area contributed by atoms with Crippen molar-refractivity contribution < 1.29 is 22.5 Å². The molecule has 0 saturated heterocycles. The van der Waals surface area contributed by atoms with E-state index < -0.39 is 10.1 Å². The van der Waals surface area contributed by atoms with E-state index in [9.17, 15) is 17.8 Å². The van der Waals surface area contributed by atoms with E-state index in [2.05, 4.69) is 0 Å². The lowest BCUT2D eigenvalue weighted by Gasteiger charge is -2.56. The van der Waals surface area contributed by atoms with Gasteiger partial charge < -0.3 is 4.74 Å². The van der Waals surface area contributed by atoms with E-state index in [-0.39, 0.29) is 16.8 Å². The predicted octanol–water partition coefficient (Wildman–Crippen LogP) is 4.82. The van der Waals surface area contributed by atoms with Gasteiger partial charge in [-0.3, -0.25) is 9.35 Å². The summed E-state index contributed by atoms with van der Waals surface area (Å²) < 4.78 is 39.3. The van der Waals surface area contributed by atoms with Gasteiger partial charge in [0, 0.05) is 0 Å². The number of hydrogen-bond acceptors (Lipinski definition) is 4.